The first-order valence-electron chi connectivity index (χ1n) is 5.34. The molecule has 5 heteroatoms. The zero-order chi connectivity index (χ0) is 12.8. The number of hydrogen-bond acceptors (Lipinski definition) is 4. The Hall–Kier alpha value is -2.06. The molecule has 0 aliphatic heterocycles. The zero-order valence-electron chi connectivity index (χ0n) is 9.59. The van der Waals surface area contributed by atoms with Gasteiger partial charge in [-0.1, -0.05) is 35.9 Å². The maximum absolute atomic E-state index is 11.4. The largest absolute Gasteiger partial charge is 0.344 e. The SMILES string of the molecule is C#CCNC(=O)CSc1ncnc2ccccc12. The van der Waals surface area contributed by atoms with Crippen LogP contribution >= 0.6 is 11.8 Å². The van der Waals surface area contributed by atoms with Crippen LogP contribution in [-0.4, -0.2) is 28.2 Å². The number of nitrogens with one attached hydrogen (secondary N) is 1. The lowest BCUT2D eigenvalue weighted by atomic mass is 10.2. The number of fused-ring (bicyclic) bond motifs is 1. The fraction of sp³-hybridized carbons (Fsp3) is 0.154. The van der Waals surface area contributed by atoms with Crippen molar-refractivity contribution < 1.29 is 4.79 Å². The molecule has 0 saturated heterocycles. The highest BCUT2D eigenvalue weighted by atomic mass is 32.2. The summed E-state index contributed by atoms with van der Waals surface area (Å²) in [5, 5.41) is 4.37. The van der Waals surface area contributed by atoms with Crippen molar-refractivity contribution in [1.82, 2.24) is 15.3 Å². The molecule has 0 bridgehead atoms. The molecule has 1 N–H and O–H groups in total. The highest BCUT2D eigenvalue weighted by molar-refractivity contribution is 8.00. The standard InChI is InChI=1S/C13H11N3OS/c1-2-7-14-12(17)8-18-13-10-5-3-4-6-11(10)15-9-16-13/h1,3-6,9H,7-8H2,(H,14,17). The molecule has 0 aliphatic rings. The fourth-order valence-corrected chi connectivity index (χ4v) is 2.25. The quantitative estimate of drug-likeness (QED) is 0.512. The number of terminal acetylenes is 1. The molecule has 2 rings (SSSR count). The van der Waals surface area contributed by atoms with Crippen molar-refractivity contribution in [3.8, 4) is 12.3 Å². The van der Waals surface area contributed by atoms with E-state index in [0.29, 0.717) is 5.75 Å². The number of thioether (sulfide) groups is 1. The van der Waals surface area contributed by atoms with Crippen molar-refractivity contribution in [3.63, 3.8) is 0 Å². The summed E-state index contributed by atoms with van der Waals surface area (Å²) < 4.78 is 0. The summed E-state index contributed by atoms with van der Waals surface area (Å²) >= 11 is 1.38. The molecular formula is C13H11N3OS. The smallest absolute Gasteiger partial charge is 0.231 e. The van der Waals surface area contributed by atoms with Gasteiger partial charge in [-0.2, -0.15) is 0 Å². The van der Waals surface area contributed by atoms with Gasteiger partial charge in [-0.25, -0.2) is 9.97 Å². The van der Waals surface area contributed by atoms with Crippen LogP contribution in [0.3, 0.4) is 0 Å². The van der Waals surface area contributed by atoms with Crippen LogP contribution in [0.15, 0.2) is 35.6 Å². The van der Waals surface area contributed by atoms with E-state index >= 15 is 0 Å². The molecule has 1 heterocycles. The van der Waals surface area contributed by atoms with Crippen LogP contribution in [0, 0.1) is 12.3 Å². The summed E-state index contributed by atoms with van der Waals surface area (Å²) in [6.45, 7) is 0.254. The molecule has 0 saturated carbocycles. The van der Waals surface area contributed by atoms with E-state index in [4.69, 9.17) is 6.42 Å². The summed E-state index contributed by atoms with van der Waals surface area (Å²) in [6.07, 6.45) is 6.57. The highest BCUT2D eigenvalue weighted by Gasteiger charge is 2.06. The maximum Gasteiger partial charge on any atom is 0.231 e. The van der Waals surface area contributed by atoms with Gasteiger partial charge in [0, 0.05) is 5.39 Å². The predicted octanol–water partition coefficient (Wildman–Crippen LogP) is 1.47. The van der Waals surface area contributed by atoms with E-state index in [1.807, 2.05) is 24.3 Å². The van der Waals surface area contributed by atoms with Gasteiger partial charge in [0.05, 0.1) is 17.8 Å². The molecule has 0 fully saturated rings. The number of aromatic nitrogens is 2. The number of carbonyl (C=O) groups excluding carboxylic acids is 1. The van der Waals surface area contributed by atoms with Crippen molar-refractivity contribution in [1.29, 1.82) is 0 Å². The van der Waals surface area contributed by atoms with Gasteiger partial charge in [-0.15, -0.1) is 6.42 Å². The topological polar surface area (TPSA) is 54.9 Å². The maximum atomic E-state index is 11.4. The Bertz CT molecular complexity index is 601. The zero-order valence-corrected chi connectivity index (χ0v) is 10.4. The molecule has 18 heavy (non-hydrogen) atoms. The summed E-state index contributed by atoms with van der Waals surface area (Å²) in [5.41, 5.74) is 0.874. The minimum absolute atomic E-state index is 0.0966. The average Bonchev–Trinajstić information content (AvgIpc) is 2.42. The molecule has 1 amide bonds. The van der Waals surface area contributed by atoms with Crippen LogP contribution < -0.4 is 5.32 Å². The second kappa shape index (κ2) is 6.03. The van der Waals surface area contributed by atoms with E-state index in [2.05, 4.69) is 21.2 Å². The summed E-state index contributed by atoms with van der Waals surface area (Å²) in [7, 11) is 0. The molecule has 0 atom stereocenters. The lowest BCUT2D eigenvalue weighted by molar-refractivity contribution is -0.118. The highest BCUT2D eigenvalue weighted by Crippen LogP contribution is 2.23. The molecule has 1 aromatic carbocycles. The number of benzene rings is 1. The van der Waals surface area contributed by atoms with Crippen LogP contribution in [0.1, 0.15) is 0 Å². The normalized spacial score (nSPS) is 9.94. The van der Waals surface area contributed by atoms with Gasteiger partial charge in [0.2, 0.25) is 5.91 Å². The summed E-state index contributed by atoms with van der Waals surface area (Å²) in [5.74, 6) is 2.56. The van der Waals surface area contributed by atoms with Crippen molar-refractivity contribution >= 4 is 28.6 Å². The minimum Gasteiger partial charge on any atom is -0.344 e. The number of para-hydroxylation sites is 1. The number of nitrogens with zero attached hydrogens (tertiary/aromatic N) is 2. The van der Waals surface area contributed by atoms with E-state index in [1.165, 1.54) is 18.1 Å². The van der Waals surface area contributed by atoms with E-state index in [9.17, 15) is 4.79 Å². The van der Waals surface area contributed by atoms with E-state index in [0.717, 1.165) is 15.9 Å². The predicted molar refractivity (Wildman–Crippen MR) is 72.1 cm³/mol. The van der Waals surface area contributed by atoms with E-state index in [1.54, 1.807) is 0 Å². The first kappa shape index (κ1) is 12.4. The van der Waals surface area contributed by atoms with Gasteiger partial charge in [-0.3, -0.25) is 4.79 Å². The van der Waals surface area contributed by atoms with Gasteiger partial charge in [-0.05, 0) is 6.07 Å². The lowest BCUT2D eigenvalue weighted by Crippen LogP contribution is -2.25. The Morgan fingerprint density at radius 2 is 2.22 bits per heavy atom. The van der Waals surface area contributed by atoms with Crippen LogP contribution in [0.4, 0.5) is 0 Å². The minimum atomic E-state index is -0.0966. The van der Waals surface area contributed by atoms with Crippen molar-refractivity contribution in [2.45, 2.75) is 5.03 Å². The Balaban J connectivity index is 2.08. The number of carbonyl (C=O) groups is 1. The Labute approximate surface area is 109 Å². The first-order chi connectivity index (χ1) is 8.81. The molecule has 1 aromatic heterocycles. The number of rotatable bonds is 4. The Morgan fingerprint density at radius 3 is 3.06 bits per heavy atom. The van der Waals surface area contributed by atoms with Gasteiger partial charge in [0.15, 0.2) is 0 Å². The second-order valence-corrected chi connectivity index (χ2v) is 4.43. The number of amides is 1. The van der Waals surface area contributed by atoms with Crippen LogP contribution in [-0.2, 0) is 4.79 Å². The first-order valence-corrected chi connectivity index (χ1v) is 6.32. The molecular weight excluding hydrogens is 246 g/mol. The third kappa shape index (κ3) is 2.99. The summed E-state index contributed by atoms with van der Waals surface area (Å²) in [4.78, 5) is 19.8. The third-order valence-electron chi connectivity index (χ3n) is 2.23. The molecule has 0 radical (unpaired) electrons. The molecule has 0 spiro atoms. The number of hydrogen-bond donors (Lipinski definition) is 1. The van der Waals surface area contributed by atoms with Crippen LogP contribution in [0.2, 0.25) is 0 Å². The molecule has 0 aliphatic carbocycles. The van der Waals surface area contributed by atoms with Crippen molar-refractivity contribution in [3.05, 3.63) is 30.6 Å². The molecule has 4 nitrogen and oxygen atoms in total. The Morgan fingerprint density at radius 1 is 1.39 bits per heavy atom. The van der Waals surface area contributed by atoms with Crippen LogP contribution in [0.25, 0.3) is 10.9 Å². The van der Waals surface area contributed by atoms with Gasteiger partial charge < -0.3 is 5.32 Å². The molecule has 2 aromatic rings. The van der Waals surface area contributed by atoms with Gasteiger partial charge >= 0.3 is 0 Å². The fourth-order valence-electron chi connectivity index (χ4n) is 1.43. The van der Waals surface area contributed by atoms with Crippen LogP contribution in [0.5, 0.6) is 0 Å². The third-order valence-corrected chi connectivity index (χ3v) is 3.24. The lowest BCUT2D eigenvalue weighted by Gasteiger charge is -2.04. The monoisotopic (exact) mass is 257 g/mol. The average molecular weight is 257 g/mol. The molecule has 90 valence electrons. The van der Waals surface area contributed by atoms with Gasteiger partial charge in [0.25, 0.3) is 0 Å². The van der Waals surface area contributed by atoms with E-state index < -0.39 is 0 Å². The second-order valence-electron chi connectivity index (χ2n) is 3.47. The molecule has 0 unspecified atom stereocenters. The van der Waals surface area contributed by atoms with Gasteiger partial charge in [0.1, 0.15) is 11.4 Å². The van der Waals surface area contributed by atoms with Crippen molar-refractivity contribution in [2.75, 3.05) is 12.3 Å². The van der Waals surface area contributed by atoms with Crippen molar-refractivity contribution in [2.24, 2.45) is 0 Å². The van der Waals surface area contributed by atoms with E-state index in [-0.39, 0.29) is 12.5 Å². The Kier molecular flexibility index (Phi) is 4.15. The summed E-state index contributed by atoms with van der Waals surface area (Å²) in [6, 6.07) is 7.70.